The normalized spacial score (nSPS) is 18.1. The second-order valence-corrected chi connectivity index (χ2v) is 5.77. The first-order chi connectivity index (χ1) is 9.50. The van der Waals surface area contributed by atoms with Crippen LogP contribution in [0.15, 0.2) is 16.7 Å². The molecule has 1 fully saturated rings. The SMILES string of the molecule is CCOC(=O)CCc1cc(B2OCC(C)(C)CO2)co1. The van der Waals surface area contributed by atoms with Crippen LogP contribution in [0, 0.1) is 5.41 Å². The van der Waals surface area contributed by atoms with Crippen LogP contribution in [0.5, 0.6) is 0 Å². The van der Waals surface area contributed by atoms with Gasteiger partial charge in [-0.3, -0.25) is 4.79 Å². The molecule has 0 atom stereocenters. The molecule has 2 rings (SSSR count). The van der Waals surface area contributed by atoms with Crippen LogP contribution in [-0.2, 0) is 25.3 Å². The minimum absolute atomic E-state index is 0.0486. The van der Waals surface area contributed by atoms with E-state index in [9.17, 15) is 4.79 Å². The van der Waals surface area contributed by atoms with Crippen molar-refractivity contribution in [3.05, 3.63) is 18.1 Å². The van der Waals surface area contributed by atoms with Gasteiger partial charge < -0.3 is 18.5 Å². The van der Waals surface area contributed by atoms with Gasteiger partial charge in [-0.25, -0.2) is 0 Å². The van der Waals surface area contributed by atoms with Crippen molar-refractivity contribution >= 4 is 18.6 Å². The lowest BCUT2D eigenvalue weighted by Crippen LogP contribution is -2.46. The highest BCUT2D eigenvalue weighted by Gasteiger charge is 2.34. The summed E-state index contributed by atoms with van der Waals surface area (Å²) in [5.74, 6) is 0.530. The largest absolute Gasteiger partial charge is 0.497 e. The molecule has 0 N–H and O–H groups in total. The molecule has 6 heteroatoms. The molecule has 0 aliphatic carbocycles. The number of furan rings is 1. The first-order valence-electron chi connectivity index (χ1n) is 6.96. The summed E-state index contributed by atoms with van der Waals surface area (Å²) in [4.78, 5) is 11.3. The number of ether oxygens (including phenoxy) is 1. The zero-order valence-electron chi connectivity index (χ0n) is 12.3. The highest BCUT2D eigenvalue weighted by Crippen LogP contribution is 2.21. The molecule has 1 aromatic rings. The molecule has 5 nitrogen and oxygen atoms in total. The Morgan fingerprint density at radius 2 is 2.10 bits per heavy atom. The molecule has 0 bridgehead atoms. The lowest BCUT2D eigenvalue weighted by Gasteiger charge is -2.32. The van der Waals surface area contributed by atoms with Gasteiger partial charge in [-0.1, -0.05) is 13.8 Å². The lowest BCUT2D eigenvalue weighted by molar-refractivity contribution is -0.143. The minimum atomic E-state index is -0.372. The number of carbonyl (C=O) groups is 1. The Balaban J connectivity index is 1.85. The predicted octanol–water partition coefficient (Wildman–Crippen LogP) is 1.54. The van der Waals surface area contributed by atoms with E-state index in [0.717, 1.165) is 11.2 Å². The molecule has 0 unspecified atom stereocenters. The Morgan fingerprint density at radius 1 is 1.40 bits per heavy atom. The van der Waals surface area contributed by atoms with E-state index in [4.69, 9.17) is 18.5 Å². The van der Waals surface area contributed by atoms with Crippen molar-refractivity contribution in [2.45, 2.75) is 33.6 Å². The summed E-state index contributed by atoms with van der Waals surface area (Å²) >= 11 is 0. The summed E-state index contributed by atoms with van der Waals surface area (Å²) in [5, 5.41) is 0. The van der Waals surface area contributed by atoms with Gasteiger partial charge in [0, 0.05) is 30.5 Å². The van der Waals surface area contributed by atoms with E-state index >= 15 is 0 Å². The molecule has 1 aliphatic rings. The van der Waals surface area contributed by atoms with Crippen LogP contribution in [0.2, 0.25) is 0 Å². The van der Waals surface area contributed by atoms with Crippen molar-refractivity contribution < 1.29 is 23.3 Å². The van der Waals surface area contributed by atoms with Crippen LogP contribution >= 0.6 is 0 Å². The van der Waals surface area contributed by atoms with Crippen molar-refractivity contribution in [3.8, 4) is 0 Å². The Hall–Kier alpha value is -1.27. The molecular formula is C14H21BO5. The molecule has 0 aromatic carbocycles. The molecule has 20 heavy (non-hydrogen) atoms. The van der Waals surface area contributed by atoms with E-state index in [-0.39, 0.29) is 18.5 Å². The predicted molar refractivity (Wildman–Crippen MR) is 74.7 cm³/mol. The zero-order chi connectivity index (χ0) is 14.6. The van der Waals surface area contributed by atoms with Crippen molar-refractivity contribution in [1.82, 2.24) is 0 Å². The van der Waals surface area contributed by atoms with Gasteiger partial charge >= 0.3 is 13.1 Å². The summed E-state index contributed by atoms with van der Waals surface area (Å²) < 4.78 is 21.7. The summed E-state index contributed by atoms with van der Waals surface area (Å²) in [6.45, 7) is 7.71. The van der Waals surface area contributed by atoms with Gasteiger partial charge in [0.05, 0.1) is 19.3 Å². The van der Waals surface area contributed by atoms with E-state index in [0.29, 0.717) is 32.7 Å². The van der Waals surface area contributed by atoms with E-state index < -0.39 is 0 Å². The second kappa shape index (κ2) is 6.46. The zero-order valence-corrected chi connectivity index (χ0v) is 12.3. The first-order valence-corrected chi connectivity index (χ1v) is 6.96. The van der Waals surface area contributed by atoms with Crippen molar-refractivity contribution in [2.24, 2.45) is 5.41 Å². The Labute approximate surface area is 119 Å². The van der Waals surface area contributed by atoms with E-state index in [1.165, 1.54) is 0 Å². The van der Waals surface area contributed by atoms with Gasteiger partial charge in [-0.05, 0) is 13.0 Å². The molecule has 0 amide bonds. The van der Waals surface area contributed by atoms with Crippen LogP contribution in [0.1, 0.15) is 33.0 Å². The van der Waals surface area contributed by atoms with Crippen LogP contribution in [0.25, 0.3) is 0 Å². The highest BCUT2D eigenvalue weighted by molar-refractivity contribution is 6.61. The van der Waals surface area contributed by atoms with Gasteiger partial charge in [-0.2, -0.15) is 0 Å². The Bertz CT molecular complexity index is 444. The average Bonchev–Trinajstić information content (AvgIpc) is 2.85. The summed E-state index contributed by atoms with van der Waals surface area (Å²) in [6, 6.07) is 1.88. The summed E-state index contributed by atoms with van der Waals surface area (Å²) in [5.41, 5.74) is 0.909. The lowest BCUT2D eigenvalue weighted by atomic mass is 9.77. The number of rotatable bonds is 5. The van der Waals surface area contributed by atoms with E-state index in [1.54, 1.807) is 13.2 Å². The van der Waals surface area contributed by atoms with Gasteiger partial charge in [-0.15, -0.1) is 0 Å². The molecule has 2 heterocycles. The average molecular weight is 280 g/mol. The maximum Gasteiger partial charge on any atom is 0.497 e. The third kappa shape index (κ3) is 4.11. The number of esters is 1. The third-order valence-corrected chi connectivity index (χ3v) is 3.08. The van der Waals surface area contributed by atoms with Gasteiger partial charge in [0.15, 0.2) is 0 Å². The minimum Gasteiger partial charge on any atom is -0.470 e. The quantitative estimate of drug-likeness (QED) is 0.605. The first kappa shape index (κ1) is 15.1. The van der Waals surface area contributed by atoms with Crippen LogP contribution in [0.4, 0.5) is 0 Å². The smallest absolute Gasteiger partial charge is 0.470 e. The molecule has 0 radical (unpaired) electrons. The standard InChI is InChI=1S/C14H21BO5/c1-4-17-13(16)6-5-12-7-11(8-18-12)15-19-9-14(2,3)10-20-15/h7-8H,4-6,9-10H2,1-3H3. The number of hydrogen-bond donors (Lipinski definition) is 0. The monoisotopic (exact) mass is 280 g/mol. The molecular weight excluding hydrogens is 259 g/mol. The number of carbonyl (C=O) groups excluding carboxylic acids is 1. The summed E-state index contributed by atoms with van der Waals surface area (Å²) in [6.07, 6.45) is 2.47. The topological polar surface area (TPSA) is 57.9 Å². The fourth-order valence-corrected chi connectivity index (χ4v) is 2.00. The highest BCUT2D eigenvalue weighted by atomic mass is 16.6. The van der Waals surface area contributed by atoms with Crippen LogP contribution in [0.3, 0.4) is 0 Å². The second-order valence-electron chi connectivity index (χ2n) is 5.77. The maximum atomic E-state index is 11.3. The number of aryl methyl sites for hydroxylation is 1. The van der Waals surface area contributed by atoms with E-state index in [1.807, 2.05) is 6.07 Å². The molecule has 1 aliphatic heterocycles. The molecule has 1 saturated heterocycles. The van der Waals surface area contributed by atoms with Crippen molar-refractivity contribution in [3.63, 3.8) is 0 Å². The van der Waals surface area contributed by atoms with Crippen LogP contribution in [-0.4, -0.2) is 32.9 Å². The van der Waals surface area contributed by atoms with Gasteiger partial charge in [0.25, 0.3) is 0 Å². The third-order valence-electron chi connectivity index (χ3n) is 3.08. The van der Waals surface area contributed by atoms with Gasteiger partial charge in [0.2, 0.25) is 0 Å². The van der Waals surface area contributed by atoms with E-state index in [2.05, 4.69) is 13.8 Å². The Morgan fingerprint density at radius 3 is 2.75 bits per heavy atom. The van der Waals surface area contributed by atoms with Crippen molar-refractivity contribution in [2.75, 3.05) is 19.8 Å². The summed E-state index contributed by atoms with van der Waals surface area (Å²) in [7, 11) is -0.372. The Kier molecular flexibility index (Phi) is 4.88. The number of hydrogen-bond acceptors (Lipinski definition) is 5. The molecule has 1 aromatic heterocycles. The van der Waals surface area contributed by atoms with Crippen LogP contribution < -0.4 is 5.46 Å². The maximum absolute atomic E-state index is 11.3. The van der Waals surface area contributed by atoms with Gasteiger partial charge in [0.1, 0.15) is 5.76 Å². The fraction of sp³-hybridized carbons (Fsp3) is 0.643. The molecule has 0 saturated carbocycles. The van der Waals surface area contributed by atoms with Crippen molar-refractivity contribution in [1.29, 1.82) is 0 Å². The molecule has 0 spiro atoms. The molecule has 110 valence electrons. The fourth-order valence-electron chi connectivity index (χ4n) is 2.00.